The molecule has 4 nitrogen and oxygen atoms in total. The minimum absolute atomic E-state index is 0.218. The van der Waals surface area contributed by atoms with E-state index in [1.807, 2.05) is 6.92 Å². The number of sulfonamides is 1. The highest BCUT2D eigenvalue weighted by Crippen LogP contribution is 2.25. The second-order valence-electron chi connectivity index (χ2n) is 4.93. The lowest BCUT2D eigenvalue weighted by atomic mass is 10.2. The van der Waals surface area contributed by atoms with E-state index in [1.54, 1.807) is 0 Å². The van der Waals surface area contributed by atoms with Crippen molar-refractivity contribution in [3.8, 4) is 0 Å². The molecule has 20 heavy (non-hydrogen) atoms. The molecule has 0 atom stereocenters. The molecule has 0 aliphatic heterocycles. The van der Waals surface area contributed by atoms with E-state index in [0.29, 0.717) is 12.5 Å². The third-order valence-electron chi connectivity index (χ3n) is 3.07. The van der Waals surface area contributed by atoms with E-state index in [0.717, 1.165) is 18.9 Å². The largest absolute Gasteiger partial charge is 0.310 e. The van der Waals surface area contributed by atoms with Gasteiger partial charge in [0, 0.05) is 29.7 Å². The summed E-state index contributed by atoms with van der Waals surface area (Å²) in [4.78, 5) is -0.383. The molecule has 0 amide bonds. The summed E-state index contributed by atoms with van der Waals surface area (Å²) in [5, 5.41) is 3.37. The Labute approximate surface area is 123 Å². The molecule has 2 rings (SSSR count). The Morgan fingerprint density at radius 3 is 2.70 bits per heavy atom. The van der Waals surface area contributed by atoms with Crippen LogP contribution in [0.15, 0.2) is 17.0 Å². The molecule has 7 heteroatoms. The first-order valence-electron chi connectivity index (χ1n) is 6.65. The third kappa shape index (κ3) is 3.91. The fourth-order valence-corrected chi connectivity index (χ4v) is 3.38. The van der Waals surface area contributed by atoms with Gasteiger partial charge in [0.25, 0.3) is 0 Å². The zero-order valence-electron chi connectivity index (χ0n) is 11.2. The average Bonchev–Trinajstić information content (AvgIpc) is 3.21. The van der Waals surface area contributed by atoms with Crippen molar-refractivity contribution in [3.63, 3.8) is 0 Å². The van der Waals surface area contributed by atoms with Crippen LogP contribution in [0.5, 0.6) is 0 Å². The molecular formula is C13H18ClFN2O2S. The molecule has 112 valence electrons. The quantitative estimate of drug-likeness (QED) is 0.811. The zero-order chi connectivity index (χ0) is 14.8. The van der Waals surface area contributed by atoms with Crippen molar-refractivity contribution >= 4 is 21.6 Å². The summed E-state index contributed by atoms with van der Waals surface area (Å²) < 4.78 is 40.8. The molecule has 0 bridgehead atoms. The number of hydrogen-bond acceptors (Lipinski definition) is 3. The lowest BCUT2D eigenvalue weighted by Gasteiger charge is -2.11. The highest BCUT2D eigenvalue weighted by molar-refractivity contribution is 7.89. The predicted octanol–water partition coefficient (Wildman–Crippen LogP) is 2.42. The SMILES string of the molecule is CCCNS(=O)(=O)c1cc(Cl)cc(CNC2CC2)c1F. The van der Waals surface area contributed by atoms with E-state index in [-0.39, 0.29) is 28.6 Å². The smallest absolute Gasteiger partial charge is 0.243 e. The zero-order valence-corrected chi connectivity index (χ0v) is 12.8. The fraction of sp³-hybridized carbons (Fsp3) is 0.538. The van der Waals surface area contributed by atoms with E-state index >= 15 is 0 Å². The first-order valence-corrected chi connectivity index (χ1v) is 8.51. The van der Waals surface area contributed by atoms with Gasteiger partial charge in [0.2, 0.25) is 10.0 Å². The highest BCUT2D eigenvalue weighted by Gasteiger charge is 2.24. The maximum absolute atomic E-state index is 14.3. The molecule has 1 saturated carbocycles. The Morgan fingerprint density at radius 1 is 1.40 bits per heavy atom. The number of rotatable bonds is 7. The first kappa shape index (κ1) is 15.7. The third-order valence-corrected chi connectivity index (χ3v) is 4.75. The Kier molecular flexibility index (Phi) is 5.01. The van der Waals surface area contributed by atoms with Crippen molar-refractivity contribution in [2.75, 3.05) is 6.54 Å². The van der Waals surface area contributed by atoms with Crippen LogP contribution in [0, 0.1) is 5.82 Å². The minimum Gasteiger partial charge on any atom is -0.310 e. The monoisotopic (exact) mass is 320 g/mol. The van der Waals surface area contributed by atoms with Gasteiger partial charge >= 0.3 is 0 Å². The van der Waals surface area contributed by atoms with Crippen molar-refractivity contribution in [2.45, 2.75) is 43.7 Å². The maximum Gasteiger partial charge on any atom is 0.243 e. The molecular weight excluding hydrogens is 303 g/mol. The van der Waals surface area contributed by atoms with Crippen LogP contribution in [0.2, 0.25) is 5.02 Å². The number of nitrogens with one attached hydrogen (secondary N) is 2. The van der Waals surface area contributed by atoms with Crippen molar-refractivity contribution in [1.82, 2.24) is 10.0 Å². The van der Waals surface area contributed by atoms with Crippen LogP contribution < -0.4 is 10.0 Å². The van der Waals surface area contributed by atoms with Crippen LogP contribution in [-0.4, -0.2) is 21.0 Å². The van der Waals surface area contributed by atoms with Crippen LogP contribution in [-0.2, 0) is 16.6 Å². The van der Waals surface area contributed by atoms with Gasteiger partial charge in [-0.25, -0.2) is 17.5 Å². The molecule has 0 aromatic heterocycles. The average molecular weight is 321 g/mol. The standard InChI is InChI=1S/C13H18ClFN2O2S/c1-2-5-17-20(18,19)12-7-10(14)6-9(13(12)15)8-16-11-3-4-11/h6-7,11,16-17H,2-5,8H2,1H3. The van der Waals surface area contributed by atoms with E-state index in [1.165, 1.54) is 6.07 Å². The van der Waals surface area contributed by atoms with Crippen molar-refractivity contribution in [2.24, 2.45) is 0 Å². The molecule has 0 radical (unpaired) electrons. The van der Waals surface area contributed by atoms with Gasteiger partial charge in [-0.1, -0.05) is 18.5 Å². The van der Waals surface area contributed by atoms with E-state index in [2.05, 4.69) is 10.0 Å². The van der Waals surface area contributed by atoms with Crippen LogP contribution >= 0.6 is 11.6 Å². The summed E-state index contributed by atoms with van der Waals surface area (Å²) in [5.74, 6) is -0.730. The fourth-order valence-electron chi connectivity index (χ4n) is 1.80. The molecule has 1 fully saturated rings. The molecule has 1 aliphatic rings. The number of benzene rings is 1. The van der Waals surface area contributed by atoms with Gasteiger partial charge in [-0.2, -0.15) is 0 Å². The molecule has 0 unspecified atom stereocenters. The molecule has 0 spiro atoms. The van der Waals surface area contributed by atoms with Gasteiger partial charge in [0.05, 0.1) is 0 Å². The Morgan fingerprint density at radius 2 is 2.10 bits per heavy atom. The second kappa shape index (κ2) is 6.39. The highest BCUT2D eigenvalue weighted by atomic mass is 35.5. The van der Waals surface area contributed by atoms with Gasteiger partial charge in [0.15, 0.2) is 0 Å². The lowest BCUT2D eigenvalue weighted by molar-refractivity contribution is 0.541. The number of hydrogen-bond donors (Lipinski definition) is 2. The van der Waals surface area contributed by atoms with Gasteiger partial charge < -0.3 is 5.32 Å². The van der Waals surface area contributed by atoms with Gasteiger partial charge in [-0.05, 0) is 31.4 Å². The molecule has 1 aromatic rings. The summed E-state index contributed by atoms with van der Waals surface area (Å²) in [5.41, 5.74) is 0.279. The minimum atomic E-state index is -3.86. The summed E-state index contributed by atoms with van der Waals surface area (Å²) >= 11 is 5.91. The molecule has 1 aliphatic carbocycles. The Balaban J connectivity index is 2.27. The van der Waals surface area contributed by atoms with Crippen LogP contribution in [0.25, 0.3) is 0 Å². The van der Waals surface area contributed by atoms with E-state index < -0.39 is 15.8 Å². The van der Waals surface area contributed by atoms with Crippen LogP contribution in [0.4, 0.5) is 4.39 Å². The van der Waals surface area contributed by atoms with Crippen molar-refractivity contribution in [3.05, 3.63) is 28.5 Å². The normalized spacial score (nSPS) is 15.6. The predicted molar refractivity (Wildman–Crippen MR) is 76.8 cm³/mol. The van der Waals surface area contributed by atoms with E-state index in [9.17, 15) is 12.8 Å². The summed E-state index contributed by atoms with van der Waals surface area (Å²) in [6.45, 7) is 2.39. The summed E-state index contributed by atoms with van der Waals surface area (Å²) in [6, 6.07) is 3.02. The van der Waals surface area contributed by atoms with Crippen LogP contribution in [0.1, 0.15) is 31.7 Å². The first-order chi connectivity index (χ1) is 9.44. The second-order valence-corrected chi connectivity index (χ2v) is 7.10. The van der Waals surface area contributed by atoms with Gasteiger partial charge in [0.1, 0.15) is 10.7 Å². The number of halogens is 2. The topological polar surface area (TPSA) is 58.2 Å². The molecule has 0 saturated heterocycles. The van der Waals surface area contributed by atoms with Crippen LogP contribution in [0.3, 0.4) is 0 Å². The lowest BCUT2D eigenvalue weighted by Crippen LogP contribution is -2.26. The van der Waals surface area contributed by atoms with Crippen molar-refractivity contribution < 1.29 is 12.8 Å². The van der Waals surface area contributed by atoms with Crippen molar-refractivity contribution in [1.29, 1.82) is 0 Å². The van der Waals surface area contributed by atoms with Gasteiger partial charge in [-0.15, -0.1) is 0 Å². The van der Waals surface area contributed by atoms with E-state index in [4.69, 9.17) is 11.6 Å². The Bertz CT molecular complexity index is 588. The molecule has 2 N–H and O–H groups in total. The maximum atomic E-state index is 14.3. The Hall–Kier alpha value is -0.690. The molecule has 1 aromatic carbocycles. The molecule has 0 heterocycles. The summed E-state index contributed by atoms with van der Waals surface area (Å²) in [7, 11) is -3.86. The van der Waals surface area contributed by atoms with Gasteiger partial charge in [-0.3, -0.25) is 0 Å². The summed E-state index contributed by atoms with van der Waals surface area (Å²) in [6.07, 6.45) is 2.79.